The third-order valence-corrected chi connectivity index (χ3v) is 7.90. The Balaban J connectivity index is 1.88. The molecular formula is C28H46N4O4S2. The first-order valence-corrected chi connectivity index (χ1v) is 16.1. The second-order valence-corrected chi connectivity index (χ2v) is 12.6. The van der Waals surface area contributed by atoms with Gasteiger partial charge in [0, 0.05) is 25.4 Å². The van der Waals surface area contributed by atoms with E-state index in [9.17, 15) is 14.4 Å². The first-order valence-electron chi connectivity index (χ1n) is 13.5. The second-order valence-electron chi connectivity index (χ2n) is 10.7. The lowest BCUT2D eigenvalue weighted by Gasteiger charge is -2.27. The number of nitrogens with zero attached hydrogens (tertiary/aromatic N) is 1. The standard InChI is InChI=1S/C28H46N4O4S2/c1-28(2,3)36-27(35)32(21-37-4)18-25(33)31-24(20-38-19-23-13-9-6-10-14-23)26(34)30-16-15-29-17-22-11-7-5-8-12-22/h5,7-8,11-12,23-24,29H,6,9-10,13-21H2,1-4H3,(H,30,34)(H,31,33)/t24-/m0/s1. The van der Waals surface area contributed by atoms with Crippen molar-refractivity contribution in [3.05, 3.63) is 35.9 Å². The summed E-state index contributed by atoms with van der Waals surface area (Å²) < 4.78 is 5.45. The van der Waals surface area contributed by atoms with Crippen LogP contribution < -0.4 is 16.0 Å². The molecule has 0 aliphatic heterocycles. The molecular weight excluding hydrogens is 520 g/mol. The summed E-state index contributed by atoms with van der Waals surface area (Å²) in [5, 5.41) is 9.16. The van der Waals surface area contributed by atoms with Crippen molar-refractivity contribution in [1.29, 1.82) is 0 Å². The highest BCUT2D eigenvalue weighted by Crippen LogP contribution is 2.27. The fourth-order valence-corrected chi connectivity index (χ4v) is 5.96. The van der Waals surface area contributed by atoms with Crippen molar-refractivity contribution < 1.29 is 19.1 Å². The lowest BCUT2D eigenvalue weighted by molar-refractivity contribution is -0.128. The van der Waals surface area contributed by atoms with Crippen LogP contribution in [0.3, 0.4) is 0 Å². The Morgan fingerprint density at radius 3 is 2.45 bits per heavy atom. The number of benzene rings is 1. The minimum absolute atomic E-state index is 0.161. The monoisotopic (exact) mass is 566 g/mol. The van der Waals surface area contributed by atoms with Crippen molar-refractivity contribution in [2.75, 3.05) is 43.3 Å². The zero-order chi connectivity index (χ0) is 27.8. The molecule has 10 heteroatoms. The highest BCUT2D eigenvalue weighted by molar-refractivity contribution is 7.99. The highest BCUT2D eigenvalue weighted by Gasteiger charge is 2.26. The van der Waals surface area contributed by atoms with Gasteiger partial charge in [-0.25, -0.2) is 4.79 Å². The van der Waals surface area contributed by atoms with E-state index >= 15 is 0 Å². The lowest BCUT2D eigenvalue weighted by Crippen LogP contribution is -2.52. The lowest BCUT2D eigenvalue weighted by atomic mass is 9.91. The van der Waals surface area contributed by atoms with Gasteiger partial charge >= 0.3 is 6.09 Å². The predicted octanol–water partition coefficient (Wildman–Crippen LogP) is 4.25. The van der Waals surface area contributed by atoms with Gasteiger partial charge in [-0.15, -0.1) is 11.8 Å². The summed E-state index contributed by atoms with van der Waals surface area (Å²) in [6.07, 6.45) is 7.66. The number of nitrogens with one attached hydrogen (secondary N) is 3. The molecule has 0 radical (unpaired) electrons. The molecule has 3 amide bonds. The summed E-state index contributed by atoms with van der Waals surface area (Å²) in [6.45, 7) is 7.02. The first-order chi connectivity index (χ1) is 18.2. The molecule has 0 unspecified atom stereocenters. The quantitative estimate of drug-likeness (QED) is 0.216. The van der Waals surface area contributed by atoms with Crippen LogP contribution in [-0.4, -0.2) is 77.7 Å². The zero-order valence-corrected chi connectivity index (χ0v) is 25.1. The summed E-state index contributed by atoms with van der Waals surface area (Å²) >= 11 is 3.15. The van der Waals surface area contributed by atoms with Gasteiger partial charge in [-0.05, 0) is 57.1 Å². The Bertz CT molecular complexity index is 845. The molecule has 0 heterocycles. The average molecular weight is 567 g/mol. The van der Waals surface area contributed by atoms with E-state index in [1.807, 2.05) is 24.5 Å². The second kappa shape index (κ2) is 17.6. The van der Waals surface area contributed by atoms with E-state index < -0.39 is 17.7 Å². The van der Waals surface area contributed by atoms with Crippen LogP contribution in [0, 0.1) is 5.92 Å². The Morgan fingerprint density at radius 1 is 1.08 bits per heavy atom. The van der Waals surface area contributed by atoms with Gasteiger partial charge in [0.25, 0.3) is 0 Å². The van der Waals surface area contributed by atoms with E-state index in [2.05, 4.69) is 28.1 Å². The van der Waals surface area contributed by atoms with Crippen LogP contribution in [0.1, 0.15) is 58.4 Å². The smallest absolute Gasteiger partial charge is 0.411 e. The summed E-state index contributed by atoms with van der Waals surface area (Å²) in [5.74, 6) is 1.92. The molecule has 2 rings (SSSR count). The fraction of sp³-hybridized carbons (Fsp3) is 0.679. The maximum absolute atomic E-state index is 13.1. The molecule has 3 N–H and O–H groups in total. The molecule has 1 atom stereocenters. The molecule has 214 valence electrons. The van der Waals surface area contributed by atoms with Crippen LogP contribution in [0.4, 0.5) is 4.79 Å². The minimum Gasteiger partial charge on any atom is -0.444 e. The maximum Gasteiger partial charge on any atom is 0.411 e. The average Bonchev–Trinajstić information content (AvgIpc) is 2.88. The largest absolute Gasteiger partial charge is 0.444 e. The van der Waals surface area contributed by atoms with Crippen LogP contribution in [0.2, 0.25) is 0 Å². The summed E-state index contributed by atoms with van der Waals surface area (Å²) in [7, 11) is 0. The number of hydrogen-bond donors (Lipinski definition) is 3. The fourth-order valence-electron chi connectivity index (χ4n) is 4.17. The van der Waals surface area contributed by atoms with Crippen molar-refractivity contribution >= 4 is 41.4 Å². The van der Waals surface area contributed by atoms with Gasteiger partial charge in [0.05, 0.1) is 5.88 Å². The van der Waals surface area contributed by atoms with Crippen LogP contribution in [-0.2, 0) is 20.9 Å². The van der Waals surface area contributed by atoms with Crippen LogP contribution in [0.15, 0.2) is 30.3 Å². The normalized spacial score (nSPS) is 14.9. The predicted molar refractivity (Wildman–Crippen MR) is 158 cm³/mol. The van der Waals surface area contributed by atoms with Crippen molar-refractivity contribution in [2.24, 2.45) is 5.92 Å². The molecule has 8 nitrogen and oxygen atoms in total. The van der Waals surface area contributed by atoms with Gasteiger partial charge in [-0.1, -0.05) is 49.6 Å². The highest BCUT2D eigenvalue weighted by atomic mass is 32.2. The Kier molecular flexibility index (Phi) is 15.0. The minimum atomic E-state index is -0.667. The topological polar surface area (TPSA) is 99.8 Å². The molecule has 1 aliphatic carbocycles. The van der Waals surface area contributed by atoms with Gasteiger partial charge in [0.2, 0.25) is 11.8 Å². The number of carbonyl (C=O) groups is 3. The Hall–Kier alpha value is -1.91. The molecule has 0 aromatic heterocycles. The van der Waals surface area contributed by atoms with E-state index in [-0.39, 0.29) is 18.4 Å². The first kappa shape index (κ1) is 32.3. The number of rotatable bonds is 15. The van der Waals surface area contributed by atoms with E-state index in [4.69, 9.17) is 4.74 Å². The van der Waals surface area contributed by atoms with Gasteiger partial charge in [-0.3, -0.25) is 14.5 Å². The summed E-state index contributed by atoms with van der Waals surface area (Å²) in [4.78, 5) is 39.9. The SMILES string of the molecule is CSCN(CC(=O)N[C@@H](CSCC1CCCCC1)C(=O)NCCNCc1ccccc1)C(=O)OC(C)(C)C. The molecule has 1 aliphatic rings. The zero-order valence-electron chi connectivity index (χ0n) is 23.4. The molecule has 38 heavy (non-hydrogen) atoms. The summed E-state index contributed by atoms with van der Waals surface area (Å²) in [6, 6.07) is 9.43. The van der Waals surface area contributed by atoms with E-state index in [0.717, 1.165) is 12.3 Å². The maximum atomic E-state index is 13.1. The van der Waals surface area contributed by atoms with E-state index in [0.29, 0.717) is 30.6 Å². The Labute approximate surface area is 237 Å². The molecule has 1 fully saturated rings. The van der Waals surface area contributed by atoms with Gasteiger partial charge in [-0.2, -0.15) is 11.8 Å². The molecule has 0 bridgehead atoms. The van der Waals surface area contributed by atoms with Crippen molar-refractivity contribution in [3.63, 3.8) is 0 Å². The number of hydrogen-bond acceptors (Lipinski definition) is 7. The van der Waals surface area contributed by atoms with Gasteiger partial charge in [0.15, 0.2) is 0 Å². The van der Waals surface area contributed by atoms with Crippen LogP contribution in [0.5, 0.6) is 0 Å². The third kappa shape index (κ3) is 13.8. The van der Waals surface area contributed by atoms with Gasteiger partial charge < -0.3 is 20.7 Å². The number of carbonyl (C=O) groups excluding carboxylic acids is 3. The molecule has 1 aromatic carbocycles. The van der Waals surface area contributed by atoms with Crippen molar-refractivity contribution in [1.82, 2.24) is 20.9 Å². The molecule has 0 spiro atoms. The van der Waals surface area contributed by atoms with Gasteiger partial charge in [0.1, 0.15) is 18.2 Å². The Morgan fingerprint density at radius 2 is 1.79 bits per heavy atom. The molecule has 0 saturated heterocycles. The molecule has 1 saturated carbocycles. The summed E-state index contributed by atoms with van der Waals surface area (Å²) in [5.41, 5.74) is 0.527. The third-order valence-electron chi connectivity index (χ3n) is 6.06. The van der Waals surface area contributed by atoms with E-state index in [1.54, 1.807) is 32.5 Å². The number of ether oxygens (including phenoxy) is 1. The van der Waals surface area contributed by atoms with Crippen molar-refractivity contribution in [3.8, 4) is 0 Å². The van der Waals surface area contributed by atoms with E-state index in [1.165, 1.54) is 54.3 Å². The molecule has 1 aromatic rings. The number of thioether (sulfide) groups is 2. The van der Waals surface area contributed by atoms with Crippen LogP contribution in [0.25, 0.3) is 0 Å². The van der Waals surface area contributed by atoms with Crippen molar-refractivity contribution in [2.45, 2.75) is 71.1 Å². The van der Waals surface area contributed by atoms with Crippen LogP contribution >= 0.6 is 23.5 Å². The number of amides is 3.